The summed E-state index contributed by atoms with van der Waals surface area (Å²) in [4.78, 5) is 10.6. The monoisotopic (exact) mass is 310 g/mol. The number of nitro benzene ring substituents is 1. The van der Waals surface area contributed by atoms with Crippen molar-refractivity contribution in [3.05, 3.63) is 28.1 Å². The number of nitrogens with one attached hydrogen (secondary N) is 1. The SMILES string of the molecule is COc1cc(NC2CCOC(C3CC3)C2)c([N+](=O)[O-])cc1F. The largest absolute Gasteiger partial charge is 0.494 e. The van der Waals surface area contributed by atoms with Gasteiger partial charge in [-0.05, 0) is 31.6 Å². The van der Waals surface area contributed by atoms with Crippen LogP contribution < -0.4 is 10.1 Å². The zero-order valence-corrected chi connectivity index (χ0v) is 12.4. The molecule has 1 aliphatic heterocycles. The second-order valence-electron chi connectivity index (χ2n) is 5.87. The molecule has 0 radical (unpaired) electrons. The van der Waals surface area contributed by atoms with Crippen LogP contribution in [0.15, 0.2) is 12.1 Å². The van der Waals surface area contributed by atoms with E-state index in [1.54, 1.807) is 0 Å². The number of benzene rings is 1. The molecule has 1 heterocycles. The Bertz CT molecular complexity index is 577. The van der Waals surface area contributed by atoms with Crippen LogP contribution in [0.25, 0.3) is 0 Å². The fourth-order valence-corrected chi connectivity index (χ4v) is 2.94. The Labute approximate surface area is 127 Å². The zero-order valence-electron chi connectivity index (χ0n) is 12.4. The van der Waals surface area contributed by atoms with Crippen LogP contribution in [0.1, 0.15) is 25.7 Å². The van der Waals surface area contributed by atoms with Crippen molar-refractivity contribution in [2.24, 2.45) is 5.92 Å². The molecule has 1 N–H and O–H groups in total. The Balaban J connectivity index is 1.79. The third-order valence-electron chi connectivity index (χ3n) is 4.29. The lowest BCUT2D eigenvalue weighted by Crippen LogP contribution is -2.35. The van der Waals surface area contributed by atoms with Crippen molar-refractivity contribution in [1.29, 1.82) is 0 Å². The van der Waals surface area contributed by atoms with Crippen molar-refractivity contribution in [3.8, 4) is 5.75 Å². The van der Waals surface area contributed by atoms with Gasteiger partial charge in [0.25, 0.3) is 5.69 Å². The first kappa shape index (κ1) is 15.0. The average Bonchev–Trinajstić information content (AvgIpc) is 3.33. The van der Waals surface area contributed by atoms with Crippen LogP contribution in [-0.4, -0.2) is 30.8 Å². The number of hydrogen-bond donors (Lipinski definition) is 1. The first-order valence-corrected chi connectivity index (χ1v) is 7.48. The van der Waals surface area contributed by atoms with E-state index in [9.17, 15) is 14.5 Å². The van der Waals surface area contributed by atoms with E-state index in [2.05, 4.69) is 5.32 Å². The minimum Gasteiger partial charge on any atom is -0.494 e. The Hall–Kier alpha value is -1.89. The summed E-state index contributed by atoms with van der Waals surface area (Å²) in [5, 5.41) is 14.3. The molecule has 1 aliphatic carbocycles. The summed E-state index contributed by atoms with van der Waals surface area (Å²) >= 11 is 0. The Morgan fingerprint density at radius 2 is 2.18 bits per heavy atom. The summed E-state index contributed by atoms with van der Waals surface area (Å²) in [7, 11) is 1.34. The van der Waals surface area contributed by atoms with Gasteiger partial charge in [-0.25, -0.2) is 4.39 Å². The fourth-order valence-electron chi connectivity index (χ4n) is 2.94. The standard InChI is InChI=1S/C15H19FN2O4/c1-21-15-8-12(13(18(19)20)7-11(15)16)17-10-4-5-22-14(6-10)9-2-3-9/h7-10,14,17H,2-6H2,1H3. The molecule has 3 rings (SSSR count). The molecule has 0 spiro atoms. The molecule has 1 aromatic carbocycles. The highest BCUT2D eigenvalue weighted by atomic mass is 19.1. The highest BCUT2D eigenvalue weighted by molar-refractivity contribution is 5.65. The molecule has 1 saturated heterocycles. The molecule has 2 fully saturated rings. The molecule has 1 aromatic rings. The van der Waals surface area contributed by atoms with Crippen LogP contribution in [0.4, 0.5) is 15.8 Å². The zero-order chi connectivity index (χ0) is 15.7. The van der Waals surface area contributed by atoms with Crippen molar-refractivity contribution >= 4 is 11.4 Å². The molecule has 1 saturated carbocycles. The van der Waals surface area contributed by atoms with Gasteiger partial charge in [-0.2, -0.15) is 0 Å². The van der Waals surface area contributed by atoms with Crippen molar-refractivity contribution < 1.29 is 18.8 Å². The number of halogens is 1. The van der Waals surface area contributed by atoms with E-state index in [1.165, 1.54) is 26.0 Å². The first-order valence-electron chi connectivity index (χ1n) is 7.48. The predicted molar refractivity (Wildman–Crippen MR) is 78.7 cm³/mol. The van der Waals surface area contributed by atoms with Gasteiger partial charge in [0.2, 0.25) is 0 Å². The molecular weight excluding hydrogens is 291 g/mol. The second-order valence-corrected chi connectivity index (χ2v) is 5.87. The number of methoxy groups -OCH3 is 1. The van der Waals surface area contributed by atoms with Crippen molar-refractivity contribution in [2.45, 2.75) is 37.8 Å². The number of nitro groups is 1. The summed E-state index contributed by atoms with van der Waals surface area (Å²) in [6, 6.07) is 2.35. The molecule has 120 valence electrons. The quantitative estimate of drug-likeness (QED) is 0.668. The van der Waals surface area contributed by atoms with Crippen LogP contribution >= 0.6 is 0 Å². The maximum absolute atomic E-state index is 13.7. The van der Waals surface area contributed by atoms with Crippen molar-refractivity contribution in [3.63, 3.8) is 0 Å². The van der Waals surface area contributed by atoms with Crippen LogP contribution in [0.3, 0.4) is 0 Å². The molecule has 7 heteroatoms. The van der Waals surface area contributed by atoms with Gasteiger partial charge in [0.1, 0.15) is 5.69 Å². The maximum atomic E-state index is 13.7. The summed E-state index contributed by atoms with van der Waals surface area (Å²) in [5.74, 6) is -0.108. The van der Waals surface area contributed by atoms with E-state index in [0.717, 1.165) is 18.9 Å². The third-order valence-corrected chi connectivity index (χ3v) is 4.29. The molecule has 2 aliphatic rings. The molecular formula is C15H19FN2O4. The second kappa shape index (κ2) is 6.08. The maximum Gasteiger partial charge on any atom is 0.295 e. The first-order chi connectivity index (χ1) is 10.6. The smallest absolute Gasteiger partial charge is 0.295 e. The van der Waals surface area contributed by atoms with E-state index in [4.69, 9.17) is 9.47 Å². The van der Waals surface area contributed by atoms with Crippen LogP contribution in [-0.2, 0) is 4.74 Å². The van der Waals surface area contributed by atoms with Gasteiger partial charge >= 0.3 is 0 Å². The summed E-state index contributed by atoms with van der Waals surface area (Å²) in [5.41, 5.74) is 0.0254. The molecule has 2 unspecified atom stereocenters. The van der Waals surface area contributed by atoms with Crippen molar-refractivity contribution in [1.82, 2.24) is 0 Å². The lowest BCUT2D eigenvalue weighted by Gasteiger charge is -2.30. The number of ether oxygens (including phenoxy) is 2. The lowest BCUT2D eigenvalue weighted by atomic mass is 9.99. The highest BCUT2D eigenvalue weighted by Crippen LogP contribution is 2.39. The number of rotatable bonds is 5. The molecule has 2 atom stereocenters. The van der Waals surface area contributed by atoms with Gasteiger partial charge in [0.05, 0.1) is 24.2 Å². The van der Waals surface area contributed by atoms with E-state index >= 15 is 0 Å². The van der Waals surface area contributed by atoms with E-state index in [-0.39, 0.29) is 23.6 Å². The van der Waals surface area contributed by atoms with E-state index in [1.807, 2.05) is 0 Å². The minimum absolute atomic E-state index is 0.00102. The van der Waals surface area contributed by atoms with Gasteiger partial charge in [0.15, 0.2) is 11.6 Å². The average molecular weight is 310 g/mol. The van der Waals surface area contributed by atoms with Gasteiger partial charge in [-0.1, -0.05) is 0 Å². The van der Waals surface area contributed by atoms with Crippen LogP contribution in [0.5, 0.6) is 5.75 Å². The van der Waals surface area contributed by atoms with E-state index < -0.39 is 10.7 Å². The van der Waals surface area contributed by atoms with Crippen molar-refractivity contribution in [2.75, 3.05) is 19.0 Å². The van der Waals surface area contributed by atoms with Crippen LogP contribution in [0, 0.1) is 21.8 Å². The van der Waals surface area contributed by atoms with Gasteiger partial charge in [0, 0.05) is 18.7 Å². The Morgan fingerprint density at radius 1 is 1.41 bits per heavy atom. The predicted octanol–water partition coefficient (Wildman–Crippen LogP) is 3.11. The fraction of sp³-hybridized carbons (Fsp3) is 0.600. The minimum atomic E-state index is -0.734. The summed E-state index contributed by atoms with van der Waals surface area (Å²) in [6.45, 7) is 0.644. The molecule has 6 nitrogen and oxygen atoms in total. The normalized spacial score (nSPS) is 24.8. The Morgan fingerprint density at radius 3 is 2.82 bits per heavy atom. The molecule has 22 heavy (non-hydrogen) atoms. The third kappa shape index (κ3) is 3.14. The number of anilines is 1. The molecule has 0 aromatic heterocycles. The van der Waals surface area contributed by atoms with Gasteiger partial charge < -0.3 is 14.8 Å². The van der Waals surface area contributed by atoms with E-state index in [0.29, 0.717) is 18.2 Å². The summed E-state index contributed by atoms with van der Waals surface area (Å²) < 4.78 is 24.3. The van der Waals surface area contributed by atoms with Gasteiger partial charge in [-0.3, -0.25) is 10.1 Å². The molecule has 0 amide bonds. The topological polar surface area (TPSA) is 73.6 Å². The summed E-state index contributed by atoms with van der Waals surface area (Å²) in [6.07, 6.45) is 4.22. The number of nitrogens with zero attached hydrogens (tertiary/aromatic N) is 1. The number of hydrogen-bond acceptors (Lipinski definition) is 5. The van der Waals surface area contributed by atoms with Gasteiger partial charge in [-0.15, -0.1) is 0 Å². The molecule has 0 bridgehead atoms. The highest BCUT2D eigenvalue weighted by Gasteiger charge is 2.36. The Kier molecular flexibility index (Phi) is 4.15. The lowest BCUT2D eigenvalue weighted by molar-refractivity contribution is -0.384. The van der Waals surface area contributed by atoms with Crippen LogP contribution in [0.2, 0.25) is 0 Å².